The van der Waals surface area contributed by atoms with E-state index in [4.69, 9.17) is 9.84 Å². The van der Waals surface area contributed by atoms with Crippen LogP contribution in [-0.4, -0.2) is 45.1 Å². The van der Waals surface area contributed by atoms with E-state index in [0.717, 1.165) is 28.0 Å². The maximum Gasteiger partial charge on any atom is 0.190 e. The second-order valence-electron chi connectivity index (χ2n) is 14.1. The molecule has 1 fully saturated rings. The quantitative estimate of drug-likeness (QED) is 0.240. The van der Waals surface area contributed by atoms with Crippen molar-refractivity contribution in [1.29, 1.82) is 0 Å². The third-order valence-electron chi connectivity index (χ3n) is 10.9. The molecule has 0 unspecified atom stereocenters. The molecule has 6 heteroatoms. The van der Waals surface area contributed by atoms with Gasteiger partial charge in [-0.3, -0.25) is 4.79 Å². The van der Waals surface area contributed by atoms with Crippen molar-refractivity contribution in [3.63, 3.8) is 0 Å². The number of hydrogen-bond donors (Lipinski definition) is 3. The van der Waals surface area contributed by atoms with Crippen LogP contribution in [0.2, 0.25) is 0 Å². The number of carbonyl (C=O) groups excluding carboxylic acids is 1. The number of nitrogens with one attached hydrogen (secondary N) is 1. The van der Waals surface area contributed by atoms with Crippen molar-refractivity contribution < 1.29 is 19.7 Å². The van der Waals surface area contributed by atoms with E-state index in [-0.39, 0.29) is 30.6 Å². The molecule has 1 heterocycles. The lowest BCUT2D eigenvalue weighted by atomic mass is 9.54. The molecule has 0 saturated heterocycles. The van der Waals surface area contributed by atoms with Gasteiger partial charge in [-0.2, -0.15) is 5.10 Å². The van der Waals surface area contributed by atoms with Gasteiger partial charge in [0.15, 0.2) is 5.78 Å². The van der Waals surface area contributed by atoms with Crippen LogP contribution in [0.15, 0.2) is 119 Å². The summed E-state index contributed by atoms with van der Waals surface area (Å²) in [5, 5.41) is 29.9. The minimum absolute atomic E-state index is 0.0807. The smallest absolute Gasteiger partial charge is 0.190 e. The lowest BCUT2D eigenvalue weighted by molar-refractivity contribution is -0.166. The Kier molecular flexibility index (Phi) is 7.04. The fourth-order valence-corrected chi connectivity index (χ4v) is 8.80. The molecule has 7 rings (SSSR count). The van der Waals surface area contributed by atoms with Gasteiger partial charge in [0.25, 0.3) is 0 Å². The highest BCUT2D eigenvalue weighted by Gasteiger charge is 2.67. The first-order valence-electron chi connectivity index (χ1n) is 16.0. The molecular formula is C39H42N2O4. The van der Waals surface area contributed by atoms with Crippen LogP contribution in [0.1, 0.15) is 57.2 Å². The van der Waals surface area contributed by atoms with Gasteiger partial charge in [0.05, 0.1) is 17.7 Å². The van der Waals surface area contributed by atoms with Gasteiger partial charge in [-0.05, 0) is 60.9 Å². The van der Waals surface area contributed by atoms with Crippen LogP contribution in [0.5, 0.6) is 0 Å². The van der Waals surface area contributed by atoms with Gasteiger partial charge in [0.2, 0.25) is 0 Å². The molecule has 3 N–H and O–H groups in total. The van der Waals surface area contributed by atoms with Gasteiger partial charge < -0.3 is 20.4 Å². The van der Waals surface area contributed by atoms with Gasteiger partial charge in [-0.25, -0.2) is 0 Å². The Morgan fingerprint density at radius 1 is 0.889 bits per heavy atom. The van der Waals surface area contributed by atoms with Gasteiger partial charge >= 0.3 is 0 Å². The SMILES string of the molecule is CC1=C[C@H]2[C@@]3(O)[C@H](C)CC4=NNC(C)(C)[C@H]4[C@@H]3C=C(COC(c3ccccc3)(c3ccccc3)c3ccccc3)C[C@]2(O)C1=O. The van der Waals surface area contributed by atoms with Crippen LogP contribution >= 0.6 is 0 Å². The van der Waals surface area contributed by atoms with E-state index in [1.165, 1.54) is 0 Å². The summed E-state index contributed by atoms with van der Waals surface area (Å²) in [6.07, 6.45) is 4.62. The number of aliphatic hydroxyl groups is 2. The number of ketones is 1. The minimum atomic E-state index is -1.77. The minimum Gasteiger partial charge on any atom is -0.388 e. The molecule has 4 aliphatic rings. The summed E-state index contributed by atoms with van der Waals surface area (Å²) in [5.41, 5.74) is 4.06. The van der Waals surface area contributed by atoms with Crippen molar-refractivity contribution in [2.24, 2.45) is 28.8 Å². The van der Waals surface area contributed by atoms with Crippen molar-refractivity contribution >= 4 is 11.5 Å². The summed E-state index contributed by atoms with van der Waals surface area (Å²) in [6.45, 7) is 8.13. The van der Waals surface area contributed by atoms with Crippen LogP contribution in [0.3, 0.4) is 0 Å². The van der Waals surface area contributed by atoms with Gasteiger partial charge in [-0.1, -0.05) is 110 Å². The molecule has 45 heavy (non-hydrogen) atoms. The highest BCUT2D eigenvalue weighted by molar-refractivity contribution is 6.05. The standard InChI is InChI=1S/C39H42N2O4/c1-25-20-33-37(43,35(25)42)23-27(22-31-34-32(40-41-36(34,3)4)21-26(2)38(31,33)44)24-45-39(28-14-8-5-9-15-28,29-16-10-6-11-17-29)30-18-12-7-13-19-30/h5-20,22,26,31,33-34,41,43-44H,21,23-24H2,1-4H3/t26-,31+,33-,34+,37-,38-/m1/s1. The Labute approximate surface area is 265 Å². The predicted octanol–water partition coefficient (Wildman–Crippen LogP) is 5.94. The Bertz CT molecular complexity index is 1600. The number of fused-ring (bicyclic) bond motifs is 5. The van der Waals surface area contributed by atoms with E-state index in [1.54, 1.807) is 6.92 Å². The molecule has 6 atom stereocenters. The van der Waals surface area contributed by atoms with Crippen molar-refractivity contribution in [1.82, 2.24) is 5.43 Å². The van der Waals surface area contributed by atoms with Crippen LogP contribution in [0.25, 0.3) is 0 Å². The topological polar surface area (TPSA) is 91.2 Å². The first-order chi connectivity index (χ1) is 21.5. The fourth-order valence-electron chi connectivity index (χ4n) is 8.80. The first kappa shape index (κ1) is 29.8. The van der Waals surface area contributed by atoms with Crippen molar-refractivity contribution in [3.8, 4) is 0 Å². The van der Waals surface area contributed by atoms with Crippen molar-refractivity contribution in [3.05, 3.63) is 131 Å². The van der Waals surface area contributed by atoms with Gasteiger partial charge in [0, 0.05) is 29.9 Å². The maximum atomic E-state index is 13.8. The first-order valence-corrected chi connectivity index (χ1v) is 16.0. The molecule has 232 valence electrons. The number of benzene rings is 3. The molecular weight excluding hydrogens is 560 g/mol. The molecule has 0 spiro atoms. The molecule has 1 saturated carbocycles. The van der Waals surface area contributed by atoms with Crippen molar-refractivity contribution in [2.45, 2.75) is 62.9 Å². The van der Waals surface area contributed by atoms with E-state index >= 15 is 0 Å². The van der Waals surface area contributed by atoms with Crippen molar-refractivity contribution in [2.75, 3.05) is 6.61 Å². The summed E-state index contributed by atoms with van der Waals surface area (Å²) < 4.78 is 7.21. The monoisotopic (exact) mass is 602 g/mol. The highest BCUT2D eigenvalue weighted by atomic mass is 16.5. The predicted molar refractivity (Wildman–Crippen MR) is 175 cm³/mol. The summed E-state index contributed by atoms with van der Waals surface area (Å²) in [6, 6.07) is 30.6. The van der Waals surface area contributed by atoms with E-state index in [2.05, 4.69) is 61.7 Å². The third kappa shape index (κ3) is 4.41. The molecule has 3 aromatic rings. The number of ether oxygens (including phenoxy) is 1. The average molecular weight is 603 g/mol. The summed E-state index contributed by atoms with van der Waals surface area (Å²) in [7, 11) is 0. The molecule has 0 amide bonds. The Balaban J connectivity index is 1.39. The van der Waals surface area contributed by atoms with Crippen LogP contribution in [0, 0.1) is 23.7 Å². The zero-order chi connectivity index (χ0) is 31.6. The van der Waals surface area contributed by atoms with Gasteiger partial charge in [-0.15, -0.1) is 0 Å². The molecule has 0 radical (unpaired) electrons. The number of carbonyl (C=O) groups is 1. The van der Waals surface area contributed by atoms with E-state index < -0.39 is 34.2 Å². The van der Waals surface area contributed by atoms with Crippen LogP contribution in [-0.2, 0) is 15.1 Å². The molecule has 3 aliphatic carbocycles. The summed E-state index contributed by atoms with van der Waals surface area (Å²) >= 11 is 0. The number of hydrazone groups is 1. The fraction of sp³-hybridized carbons (Fsp3) is 0.385. The number of rotatable bonds is 6. The second-order valence-corrected chi connectivity index (χ2v) is 14.1. The van der Waals surface area contributed by atoms with Crippen LogP contribution in [0.4, 0.5) is 0 Å². The van der Waals surface area contributed by atoms with E-state index in [0.29, 0.717) is 12.0 Å². The summed E-state index contributed by atoms with van der Waals surface area (Å²) in [4.78, 5) is 13.8. The number of hydrogen-bond acceptors (Lipinski definition) is 6. The third-order valence-corrected chi connectivity index (χ3v) is 10.9. The lowest BCUT2D eigenvalue weighted by Gasteiger charge is -2.53. The Morgan fingerprint density at radius 3 is 1.96 bits per heavy atom. The highest BCUT2D eigenvalue weighted by Crippen LogP contribution is 2.58. The molecule has 3 aromatic carbocycles. The normalized spacial score (nSPS) is 31.9. The zero-order valence-electron chi connectivity index (χ0n) is 26.4. The number of nitrogens with zero attached hydrogens (tertiary/aromatic N) is 1. The average Bonchev–Trinajstić information content (AvgIpc) is 3.43. The van der Waals surface area contributed by atoms with Gasteiger partial charge in [0.1, 0.15) is 11.2 Å². The van der Waals surface area contributed by atoms with E-state index in [9.17, 15) is 15.0 Å². The Morgan fingerprint density at radius 2 is 1.42 bits per heavy atom. The largest absolute Gasteiger partial charge is 0.388 e. The second kappa shape index (κ2) is 10.6. The maximum absolute atomic E-state index is 13.8. The molecule has 1 aliphatic heterocycles. The Hall–Kier alpha value is -3.84. The molecule has 0 aromatic heterocycles. The zero-order valence-corrected chi connectivity index (χ0v) is 26.4. The van der Waals surface area contributed by atoms with E-state index in [1.807, 2.05) is 67.6 Å². The molecule has 6 nitrogen and oxygen atoms in total. The molecule has 0 bridgehead atoms. The number of Topliss-reactive ketones (excluding diaryl/α,β-unsaturated/α-hetero) is 1. The lowest BCUT2D eigenvalue weighted by Crippen LogP contribution is -2.64. The van der Waals surface area contributed by atoms with Crippen LogP contribution < -0.4 is 5.43 Å². The summed E-state index contributed by atoms with van der Waals surface area (Å²) in [5.74, 6) is -1.79.